The number of rotatable bonds is 1. The molecule has 0 saturated carbocycles. The number of hydrogen-bond acceptors (Lipinski definition) is 6. The van der Waals surface area contributed by atoms with Crippen LogP contribution in [0.5, 0.6) is 5.75 Å². The number of thiazole rings is 1. The monoisotopic (exact) mass is 245 g/mol. The number of sulfonamides is 1. The number of aromatic hydroxyl groups is 1. The Morgan fingerprint density at radius 1 is 1.40 bits per heavy atom. The largest absolute Gasteiger partial charge is 0.506 e. The molecule has 1 aromatic carbocycles. The quantitative estimate of drug-likeness (QED) is 0.491. The van der Waals surface area contributed by atoms with Gasteiger partial charge in [0.1, 0.15) is 5.75 Å². The maximum Gasteiger partial charge on any atom is 0.265 e. The smallest absolute Gasteiger partial charge is 0.265 e. The number of nitrogens with zero attached hydrogens (tertiary/aromatic N) is 1. The van der Waals surface area contributed by atoms with Crippen molar-refractivity contribution in [3.05, 3.63) is 12.1 Å². The number of primary sulfonamides is 1. The van der Waals surface area contributed by atoms with Gasteiger partial charge in [0.25, 0.3) is 10.0 Å². The number of anilines is 1. The van der Waals surface area contributed by atoms with Crippen molar-refractivity contribution in [2.75, 3.05) is 5.73 Å². The van der Waals surface area contributed by atoms with Gasteiger partial charge in [-0.15, -0.1) is 0 Å². The molecule has 0 aliphatic carbocycles. The molecule has 2 aromatic rings. The average molecular weight is 245 g/mol. The van der Waals surface area contributed by atoms with E-state index in [0.29, 0.717) is 10.2 Å². The van der Waals surface area contributed by atoms with Gasteiger partial charge in [-0.1, -0.05) is 11.3 Å². The summed E-state index contributed by atoms with van der Waals surface area (Å²) in [5.74, 6) is -0.105. The molecule has 0 saturated heterocycles. The van der Waals surface area contributed by atoms with Crippen LogP contribution in [-0.2, 0) is 10.0 Å². The highest BCUT2D eigenvalue weighted by Gasteiger charge is 2.16. The third-order valence-electron chi connectivity index (χ3n) is 1.80. The van der Waals surface area contributed by atoms with Gasteiger partial charge < -0.3 is 10.8 Å². The van der Waals surface area contributed by atoms with E-state index in [4.69, 9.17) is 10.9 Å². The van der Waals surface area contributed by atoms with Gasteiger partial charge in [0.15, 0.2) is 0 Å². The van der Waals surface area contributed by atoms with E-state index in [0.717, 1.165) is 11.3 Å². The van der Waals surface area contributed by atoms with Gasteiger partial charge in [0, 0.05) is 0 Å². The van der Waals surface area contributed by atoms with Gasteiger partial charge in [-0.25, -0.2) is 18.5 Å². The molecule has 0 bridgehead atoms. The molecule has 0 radical (unpaired) electrons. The van der Waals surface area contributed by atoms with E-state index in [9.17, 15) is 13.5 Å². The lowest BCUT2D eigenvalue weighted by Crippen LogP contribution is -2.11. The number of nitrogen functional groups attached to an aromatic ring is 1. The maximum absolute atomic E-state index is 11.0. The molecule has 0 unspecified atom stereocenters. The first-order chi connectivity index (χ1) is 6.89. The third kappa shape index (κ3) is 1.62. The van der Waals surface area contributed by atoms with E-state index < -0.39 is 10.0 Å². The Balaban J connectivity index is 2.83. The first kappa shape index (κ1) is 10.1. The fraction of sp³-hybridized carbons (Fsp3) is 0. The molecule has 0 atom stereocenters. The summed E-state index contributed by atoms with van der Waals surface area (Å²) in [7, 11) is -3.82. The SMILES string of the molecule is Nc1c(O)ccc2nc(S(N)(=O)=O)sc12. The molecule has 0 amide bonds. The highest BCUT2D eigenvalue weighted by molar-refractivity contribution is 7.91. The van der Waals surface area contributed by atoms with Gasteiger partial charge >= 0.3 is 0 Å². The number of phenols is 1. The van der Waals surface area contributed by atoms with Crippen LogP contribution >= 0.6 is 11.3 Å². The number of phenolic OH excluding ortho intramolecular Hbond substituents is 1. The molecule has 80 valence electrons. The topological polar surface area (TPSA) is 119 Å². The zero-order valence-electron chi connectivity index (χ0n) is 7.34. The van der Waals surface area contributed by atoms with Gasteiger partial charge in [-0.2, -0.15) is 0 Å². The van der Waals surface area contributed by atoms with Gasteiger partial charge in [-0.3, -0.25) is 0 Å². The van der Waals surface area contributed by atoms with E-state index in [1.165, 1.54) is 12.1 Å². The molecule has 0 spiro atoms. The molecular weight excluding hydrogens is 238 g/mol. The van der Waals surface area contributed by atoms with Crippen LogP contribution in [0.2, 0.25) is 0 Å². The Bertz CT molecular complexity index is 632. The Morgan fingerprint density at radius 3 is 2.67 bits per heavy atom. The zero-order valence-corrected chi connectivity index (χ0v) is 8.97. The van der Waals surface area contributed by atoms with Crippen molar-refractivity contribution in [1.29, 1.82) is 0 Å². The van der Waals surface area contributed by atoms with Crippen molar-refractivity contribution in [2.24, 2.45) is 5.14 Å². The van der Waals surface area contributed by atoms with Gasteiger partial charge in [-0.05, 0) is 12.1 Å². The summed E-state index contributed by atoms with van der Waals surface area (Å²) >= 11 is 0.836. The van der Waals surface area contributed by atoms with Crippen molar-refractivity contribution in [1.82, 2.24) is 4.98 Å². The first-order valence-corrected chi connectivity index (χ1v) is 6.16. The van der Waals surface area contributed by atoms with E-state index in [-0.39, 0.29) is 15.8 Å². The molecule has 5 N–H and O–H groups in total. The lowest BCUT2D eigenvalue weighted by atomic mass is 10.3. The molecule has 1 aromatic heterocycles. The van der Waals surface area contributed by atoms with Crippen LogP contribution < -0.4 is 10.9 Å². The molecule has 0 aliphatic heterocycles. The predicted octanol–water partition coefficient (Wildman–Crippen LogP) is 0.232. The Labute approximate surface area is 89.2 Å². The molecule has 1 heterocycles. The Hall–Kier alpha value is -1.38. The summed E-state index contributed by atoms with van der Waals surface area (Å²) < 4.78 is 22.2. The molecule has 6 nitrogen and oxygen atoms in total. The van der Waals surface area contributed by atoms with Crippen LogP contribution in [0, 0.1) is 0 Å². The Kier molecular flexibility index (Phi) is 2.07. The van der Waals surface area contributed by atoms with E-state index >= 15 is 0 Å². The molecule has 0 aliphatic rings. The van der Waals surface area contributed by atoms with Crippen LogP contribution in [0.15, 0.2) is 16.5 Å². The molecule has 15 heavy (non-hydrogen) atoms. The van der Waals surface area contributed by atoms with Gasteiger partial charge in [0.05, 0.1) is 15.9 Å². The zero-order chi connectivity index (χ0) is 11.2. The third-order valence-corrected chi connectivity index (χ3v) is 4.22. The van der Waals surface area contributed by atoms with Crippen molar-refractivity contribution < 1.29 is 13.5 Å². The summed E-state index contributed by atoms with van der Waals surface area (Å²) in [5.41, 5.74) is 6.07. The van der Waals surface area contributed by atoms with Crippen molar-refractivity contribution in [2.45, 2.75) is 4.34 Å². The number of nitrogens with two attached hydrogens (primary N) is 2. The first-order valence-electron chi connectivity index (χ1n) is 3.80. The van der Waals surface area contributed by atoms with Crippen LogP contribution in [0.25, 0.3) is 10.2 Å². The average Bonchev–Trinajstić information content (AvgIpc) is 2.55. The summed E-state index contributed by atoms with van der Waals surface area (Å²) in [4.78, 5) is 3.80. The highest BCUT2D eigenvalue weighted by atomic mass is 32.2. The molecule has 2 rings (SSSR count). The summed E-state index contributed by atoms with van der Waals surface area (Å²) in [6.07, 6.45) is 0. The standard InChI is InChI=1S/C7H7N3O3S2/c8-5-4(11)2-1-3-6(5)14-7(10-3)15(9,12)13/h1-2,11H,8H2,(H2,9,12,13). The number of aromatic nitrogens is 1. The van der Waals surface area contributed by atoms with Crippen LogP contribution in [0.4, 0.5) is 5.69 Å². The second kappa shape index (κ2) is 3.05. The Morgan fingerprint density at radius 2 is 2.07 bits per heavy atom. The van der Waals surface area contributed by atoms with Gasteiger partial charge in [0.2, 0.25) is 4.34 Å². The second-order valence-corrected chi connectivity index (χ2v) is 5.61. The summed E-state index contributed by atoms with van der Waals surface area (Å²) in [6.45, 7) is 0. The van der Waals surface area contributed by atoms with Crippen LogP contribution in [0.3, 0.4) is 0 Å². The molecular formula is C7H7N3O3S2. The fourth-order valence-corrected chi connectivity index (χ4v) is 2.79. The minimum Gasteiger partial charge on any atom is -0.506 e. The highest BCUT2D eigenvalue weighted by Crippen LogP contribution is 2.34. The molecule has 0 fully saturated rings. The van der Waals surface area contributed by atoms with Crippen molar-refractivity contribution in [3.8, 4) is 5.75 Å². The van der Waals surface area contributed by atoms with E-state index in [1.54, 1.807) is 0 Å². The fourth-order valence-electron chi connectivity index (χ4n) is 1.10. The summed E-state index contributed by atoms with van der Waals surface area (Å²) in [6, 6.07) is 2.83. The lowest BCUT2D eigenvalue weighted by molar-refractivity contribution is 0.479. The number of benzene rings is 1. The van der Waals surface area contributed by atoms with Crippen LogP contribution in [0.1, 0.15) is 0 Å². The maximum atomic E-state index is 11.0. The summed E-state index contributed by atoms with van der Waals surface area (Å²) in [5, 5.41) is 14.2. The van der Waals surface area contributed by atoms with Crippen molar-refractivity contribution in [3.63, 3.8) is 0 Å². The lowest BCUT2D eigenvalue weighted by Gasteiger charge is -1.96. The normalized spacial score (nSPS) is 12.1. The van der Waals surface area contributed by atoms with E-state index in [2.05, 4.69) is 4.98 Å². The number of hydrogen-bond donors (Lipinski definition) is 3. The van der Waals surface area contributed by atoms with E-state index in [1.807, 2.05) is 0 Å². The minimum absolute atomic E-state index is 0.105. The predicted molar refractivity (Wildman–Crippen MR) is 57.1 cm³/mol. The van der Waals surface area contributed by atoms with Crippen LogP contribution in [-0.4, -0.2) is 18.5 Å². The van der Waals surface area contributed by atoms with Crippen molar-refractivity contribution >= 4 is 37.3 Å². The minimum atomic E-state index is -3.82. The number of fused-ring (bicyclic) bond motifs is 1. The molecule has 8 heteroatoms. The second-order valence-electron chi connectivity index (χ2n) is 2.87.